The van der Waals surface area contributed by atoms with Crippen molar-refractivity contribution in [3.63, 3.8) is 0 Å². The molecule has 80 valence electrons. The van der Waals surface area contributed by atoms with Gasteiger partial charge in [-0.1, -0.05) is 26.0 Å². The van der Waals surface area contributed by atoms with E-state index in [2.05, 4.69) is 0 Å². The molecule has 2 N–H and O–H groups in total. The molecule has 0 aliphatic heterocycles. The summed E-state index contributed by atoms with van der Waals surface area (Å²) in [6.45, 7) is 3.91. The first-order valence-electron chi connectivity index (χ1n) is 4.56. The molecule has 0 saturated heterocycles. The van der Waals surface area contributed by atoms with Crippen LogP contribution in [0, 0.1) is 5.41 Å². The summed E-state index contributed by atoms with van der Waals surface area (Å²) < 4.78 is 13.1. The van der Waals surface area contributed by atoms with Crippen LogP contribution in [-0.4, -0.2) is 28.0 Å². The number of carbonyl (C=O) groups is 1. The quantitative estimate of drug-likeness (QED) is 0.667. The highest BCUT2D eigenvalue weighted by atomic mass is 19.1. The molecule has 0 fully saturated rings. The maximum Gasteiger partial charge on any atom is 0.341 e. The molecule has 0 amide bonds. The van der Waals surface area contributed by atoms with Gasteiger partial charge in [0.15, 0.2) is 0 Å². The van der Waals surface area contributed by atoms with Gasteiger partial charge in [0.25, 0.3) is 0 Å². The molecule has 0 heterocycles. The number of hydrogen-bond acceptors (Lipinski definition) is 2. The van der Waals surface area contributed by atoms with Crippen LogP contribution in [0.15, 0.2) is 12.2 Å². The lowest BCUT2D eigenvalue weighted by Crippen LogP contribution is -2.45. The normalized spacial score (nSPS) is 32.6. The first kappa shape index (κ1) is 11.2. The summed E-state index contributed by atoms with van der Waals surface area (Å²) in [6.07, 6.45) is 1.42. The van der Waals surface area contributed by atoms with Crippen molar-refractivity contribution in [1.82, 2.24) is 0 Å². The van der Waals surface area contributed by atoms with E-state index in [1.807, 2.05) is 13.8 Å². The minimum atomic E-state index is -2.24. The standard InChI is InChI=1S/C10H15FO3/c1-9(2)3-5-10(14,6-4-9)7(11)8(12)13/h3,5,7,14H,4,6H2,1-2H3,(H,12,13). The van der Waals surface area contributed by atoms with Crippen molar-refractivity contribution in [3.8, 4) is 0 Å². The number of aliphatic carboxylic acids is 1. The third-order valence-electron chi connectivity index (χ3n) is 2.65. The second-order valence-corrected chi connectivity index (χ2v) is 4.51. The van der Waals surface area contributed by atoms with Crippen molar-refractivity contribution < 1.29 is 19.4 Å². The molecule has 0 aromatic heterocycles. The Hall–Kier alpha value is -0.900. The van der Waals surface area contributed by atoms with Gasteiger partial charge in [0, 0.05) is 0 Å². The van der Waals surface area contributed by atoms with Gasteiger partial charge >= 0.3 is 5.97 Å². The predicted molar refractivity (Wildman–Crippen MR) is 49.6 cm³/mol. The maximum absolute atomic E-state index is 13.1. The zero-order chi connectivity index (χ0) is 11.0. The van der Waals surface area contributed by atoms with Gasteiger partial charge in [-0.25, -0.2) is 9.18 Å². The van der Waals surface area contributed by atoms with Crippen molar-refractivity contribution in [3.05, 3.63) is 12.2 Å². The van der Waals surface area contributed by atoms with Crippen LogP contribution in [0.3, 0.4) is 0 Å². The lowest BCUT2D eigenvalue weighted by Gasteiger charge is -2.35. The lowest BCUT2D eigenvalue weighted by molar-refractivity contribution is -0.152. The number of carboxylic acid groups (broad SMARTS) is 1. The molecule has 2 atom stereocenters. The van der Waals surface area contributed by atoms with Gasteiger partial charge in [0.1, 0.15) is 5.60 Å². The molecule has 1 rings (SSSR count). The van der Waals surface area contributed by atoms with Gasteiger partial charge in [0.2, 0.25) is 6.17 Å². The molecule has 2 unspecified atom stereocenters. The van der Waals surface area contributed by atoms with E-state index in [0.717, 1.165) is 0 Å². The first-order chi connectivity index (χ1) is 6.27. The first-order valence-corrected chi connectivity index (χ1v) is 4.56. The summed E-state index contributed by atoms with van der Waals surface area (Å²) >= 11 is 0. The zero-order valence-electron chi connectivity index (χ0n) is 8.33. The van der Waals surface area contributed by atoms with Gasteiger partial charge < -0.3 is 10.2 Å². The van der Waals surface area contributed by atoms with Crippen LogP contribution in [-0.2, 0) is 4.79 Å². The van der Waals surface area contributed by atoms with Crippen LogP contribution in [0.2, 0.25) is 0 Å². The number of rotatable bonds is 2. The molecule has 0 spiro atoms. The molecular formula is C10H15FO3. The fraction of sp³-hybridized carbons (Fsp3) is 0.700. The summed E-state index contributed by atoms with van der Waals surface area (Å²) in [6, 6.07) is 0. The van der Waals surface area contributed by atoms with E-state index < -0.39 is 17.7 Å². The van der Waals surface area contributed by atoms with Crippen LogP contribution >= 0.6 is 0 Å². The molecule has 0 aromatic rings. The summed E-state index contributed by atoms with van der Waals surface area (Å²) in [5.74, 6) is -1.61. The van der Waals surface area contributed by atoms with E-state index in [1.165, 1.54) is 6.08 Å². The zero-order valence-corrected chi connectivity index (χ0v) is 8.33. The molecule has 0 radical (unpaired) electrons. The number of carboxylic acids is 1. The molecule has 1 aliphatic carbocycles. The van der Waals surface area contributed by atoms with Gasteiger partial charge in [0.05, 0.1) is 0 Å². The smallest absolute Gasteiger partial charge is 0.341 e. The molecule has 4 heteroatoms. The molecular weight excluding hydrogens is 187 g/mol. The summed E-state index contributed by atoms with van der Waals surface area (Å²) in [5.41, 5.74) is -1.92. The summed E-state index contributed by atoms with van der Waals surface area (Å²) in [5, 5.41) is 18.2. The van der Waals surface area contributed by atoms with Crippen LogP contribution < -0.4 is 0 Å². The predicted octanol–water partition coefficient (Wildman–Crippen LogP) is 1.52. The van der Waals surface area contributed by atoms with Crippen molar-refractivity contribution in [2.75, 3.05) is 0 Å². The number of allylic oxidation sites excluding steroid dienone is 1. The van der Waals surface area contributed by atoms with Crippen LogP contribution in [0.5, 0.6) is 0 Å². The van der Waals surface area contributed by atoms with Crippen molar-refractivity contribution in [2.45, 2.75) is 38.5 Å². The Morgan fingerprint density at radius 2 is 2.00 bits per heavy atom. The Balaban J connectivity index is 2.84. The van der Waals surface area contributed by atoms with Crippen molar-refractivity contribution in [1.29, 1.82) is 0 Å². The van der Waals surface area contributed by atoms with Crippen molar-refractivity contribution in [2.24, 2.45) is 5.41 Å². The Morgan fingerprint density at radius 3 is 2.36 bits per heavy atom. The van der Waals surface area contributed by atoms with Gasteiger partial charge in [-0.3, -0.25) is 0 Å². The monoisotopic (exact) mass is 202 g/mol. The number of aliphatic hydroxyl groups is 1. The number of halogens is 1. The van der Waals surface area contributed by atoms with Gasteiger partial charge in [-0.05, 0) is 18.3 Å². The highest BCUT2D eigenvalue weighted by Crippen LogP contribution is 2.36. The Kier molecular flexibility index (Phi) is 2.67. The van der Waals surface area contributed by atoms with E-state index in [0.29, 0.717) is 6.42 Å². The van der Waals surface area contributed by atoms with Crippen LogP contribution in [0.25, 0.3) is 0 Å². The molecule has 0 aromatic carbocycles. The van der Waals surface area contributed by atoms with Crippen molar-refractivity contribution >= 4 is 5.97 Å². The lowest BCUT2D eigenvalue weighted by atomic mass is 9.75. The van der Waals surface area contributed by atoms with Gasteiger partial charge in [-0.2, -0.15) is 0 Å². The largest absolute Gasteiger partial charge is 0.479 e. The third-order valence-corrected chi connectivity index (χ3v) is 2.65. The SMILES string of the molecule is CC1(C)C=CC(O)(C(F)C(=O)O)CC1. The number of alkyl halides is 1. The number of hydrogen-bond donors (Lipinski definition) is 2. The Labute approximate surface area is 82.2 Å². The average molecular weight is 202 g/mol. The molecule has 14 heavy (non-hydrogen) atoms. The van der Waals surface area contributed by atoms with E-state index in [9.17, 15) is 14.3 Å². The summed E-state index contributed by atoms with van der Waals surface area (Å²) in [4.78, 5) is 10.4. The minimum Gasteiger partial charge on any atom is -0.479 e. The van der Waals surface area contributed by atoms with E-state index in [4.69, 9.17) is 5.11 Å². The molecule has 0 saturated carbocycles. The fourth-order valence-electron chi connectivity index (χ4n) is 1.48. The van der Waals surface area contributed by atoms with E-state index in [-0.39, 0.29) is 11.8 Å². The topological polar surface area (TPSA) is 57.5 Å². The Bertz CT molecular complexity index is 273. The highest BCUT2D eigenvalue weighted by Gasteiger charge is 2.43. The third kappa shape index (κ3) is 2.12. The second-order valence-electron chi connectivity index (χ2n) is 4.51. The Morgan fingerprint density at radius 1 is 1.43 bits per heavy atom. The van der Waals surface area contributed by atoms with E-state index in [1.54, 1.807) is 6.08 Å². The molecule has 0 bridgehead atoms. The molecule has 3 nitrogen and oxygen atoms in total. The fourth-order valence-corrected chi connectivity index (χ4v) is 1.48. The molecule has 1 aliphatic rings. The minimum absolute atomic E-state index is 0.0928. The average Bonchev–Trinajstić information content (AvgIpc) is 2.09. The van der Waals surface area contributed by atoms with Gasteiger partial charge in [-0.15, -0.1) is 0 Å². The highest BCUT2D eigenvalue weighted by molar-refractivity contribution is 5.74. The second kappa shape index (κ2) is 3.35. The van der Waals surface area contributed by atoms with Crippen LogP contribution in [0.1, 0.15) is 26.7 Å². The maximum atomic E-state index is 13.1. The van der Waals surface area contributed by atoms with E-state index >= 15 is 0 Å². The summed E-state index contributed by atoms with van der Waals surface area (Å²) in [7, 11) is 0. The van der Waals surface area contributed by atoms with Crippen LogP contribution in [0.4, 0.5) is 4.39 Å².